The highest BCUT2D eigenvalue weighted by Gasteiger charge is 2.33. The third-order valence-electron chi connectivity index (χ3n) is 3.24. The van der Waals surface area contributed by atoms with E-state index in [2.05, 4.69) is 13.8 Å². The molecule has 0 aromatic heterocycles. The van der Waals surface area contributed by atoms with E-state index in [9.17, 15) is 0 Å². The van der Waals surface area contributed by atoms with Gasteiger partial charge in [-0.1, -0.05) is 26.7 Å². The van der Waals surface area contributed by atoms with Crippen molar-refractivity contribution in [3.63, 3.8) is 0 Å². The molecule has 0 bridgehead atoms. The highest BCUT2D eigenvalue weighted by atomic mass is 16.2. The van der Waals surface area contributed by atoms with Gasteiger partial charge in [0.25, 0.3) is 0 Å². The van der Waals surface area contributed by atoms with Crippen LogP contribution in [0.25, 0.3) is 0 Å². The molecule has 3 N–H and O–H groups in total. The molecule has 1 unspecified atom stereocenters. The minimum absolute atomic E-state index is 0.500. The summed E-state index contributed by atoms with van der Waals surface area (Å²) >= 11 is 0. The van der Waals surface area contributed by atoms with E-state index in [0.717, 1.165) is 7.11 Å². The fraction of sp³-hybridized carbons (Fsp3) is 1.00. The Morgan fingerprint density at radius 3 is 2.00 bits per heavy atom. The zero-order valence-corrected chi connectivity index (χ0v) is 8.64. The molecule has 1 saturated carbocycles. The third-order valence-corrected chi connectivity index (χ3v) is 3.24. The first-order valence-corrected chi connectivity index (χ1v) is 4.93. The quantitative estimate of drug-likeness (QED) is 0.670. The summed E-state index contributed by atoms with van der Waals surface area (Å²) in [6, 6.07) is 0.500. The number of aliphatic hydroxyl groups is 1. The van der Waals surface area contributed by atoms with Crippen LogP contribution in [0.4, 0.5) is 0 Å². The lowest BCUT2D eigenvalue weighted by Gasteiger charge is -2.25. The predicted molar refractivity (Wildman–Crippen MR) is 53.0 cm³/mol. The smallest absolute Gasteiger partial charge is 0.0319 e. The molecule has 1 aliphatic carbocycles. The number of hydrogen-bond acceptors (Lipinski definition) is 2. The van der Waals surface area contributed by atoms with Crippen LogP contribution in [0.15, 0.2) is 0 Å². The normalized spacial score (nSPS) is 26.2. The summed E-state index contributed by atoms with van der Waals surface area (Å²) in [5.74, 6) is 0. The van der Waals surface area contributed by atoms with E-state index >= 15 is 0 Å². The van der Waals surface area contributed by atoms with Crippen LogP contribution in [-0.4, -0.2) is 18.3 Å². The molecule has 0 radical (unpaired) electrons. The maximum absolute atomic E-state index is 7.00. The highest BCUT2D eigenvalue weighted by Crippen LogP contribution is 2.42. The average molecular weight is 173 g/mol. The number of hydrogen-bond donors (Lipinski definition) is 2. The first-order valence-electron chi connectivity index (χ1n) is 4.93. The fourth-order valence-corrected chi connectivity index (χ4v) is 2.14. The van der Waals surface area contributed by atoms with Gasteiger partial charge >= 0.3 is 0 Å². The van der Waals surface area contributed by atoms with Crippen molar-refractivity contribution in [2.45, 2.75) is 52.0 Å². The van der Waals surface area contributed by atoms with Crippen LogP contribution >= 0.6 is 0 Å². The van der Waals surface area contributed by atoms with Gasteiger partial charge in [0.05, 0.1) is 0 Å². The van der Waals surface area contributed by atoms with Gasteiger partial charge in [-0.15, -0.1) is 0 Å². The van der Waals surface area contributed by atoms with Gasteiger partial charge in [0.15, 0.2) is 0 Å². The zero-order valence-electron chi connectivity index (χ0n) is 8.64. The van der Waals surface area contributed by atoms with Gasteiger partial charge in [-0.2, -0.15) is 0 Å². The molecule has 1 aliphatic rings. The lowest BCUT2D eigenvalue weighted by molar-refractivity contribution is 0.269. The molecule has 0 aliphatic heterocycles. The second-order valence-electron chi connectivity index (χ2n) is 3.71. The summed E-state index contributed by atoms with van der Waals surface area (Å²) in [6.45, 7) is 4.59. The van der Waals surface area contributed by atoms with Crippen molar-refractivity contribution in [1.29, 1.82) is 0 Å². The number of nitrogens with two attached hydrogens (primary N) is 1. The molecule has 2 heteroatoms. The maximum atomic E-state index is 7.00. The lowest BCUT2D eigenvalue weighted by Crippen LogP contribution is -2.20. The Labute approximate surface area is 76.2 Å². The highest BCUT2D eigenvalue weighted by molar-refractivity contribution is 4.88. The van der Waals surface area contributed by atoms with Crippen LogP contribution in [0.5, 0.6) is 0 Å². The molecule has 1 fully saturated rings. The average Bonchev–Trinajstić information content (AvgIpc) is 2.52. The Balaban J connectivity index is 0.000000561. The van der Waals surface area contributed by atoms with Gasteiger partial charge in [0.2, 0.25) is 0 Å². The summed E-state index contributed by atoms with van der Waals surface area (Å²) in [5.41, 5.74) is 6.49. The van der Waals surface area contributed by atoms with Gasteiger partial charge in [0, 0.05) is 13.2 Å². The van der Waals surface area contributed by atoms with Crippen molar-refractivity contribution < 1.29 is 5.11 Å². The Hall–Kier alpha value is -0.0800. The van der Waals surface area contributed by atoms with Crippen molar-refractivity contribution in [2.75, 3.05) is 7.11 Å². The molecule has 0 amide bonds. The van der Waals surface area contributed by atoms with Crippen LogP contribution < -0.4 is 5.73 Å². The van der Waals surface area contributed by atoms with Crippen LogP contribution in [0.2, 0.25) is 0 Å². The molecule has 0 aromatic rings. The van der Waals surface area contributed by atoms with Crippen molar-refractivity contribution in [1.82, 2.24) is 0 Å². The zero-order chi connectivity index (χ0) is 9.61. The summed E-state index contributed by atoms with van der Waals surface area (Å²) in [4.78, 5) is 0. The van der Waals surface area contributed by atoms with E-state index in [1.165, 1.54) is 32.1 Å². The second kappa shape index (κ2) is 5.55. The minimum atomic E-state index is 0.500. The molecule has 74 valence electrons. The van der Waals surface area contributed by atoms with Crippen LogP contribution in [0.1, 0.15) is 46.0 Å². The number of rotatable bonds is 2. The van der Waals surface area contributed by atoms with E-state index in [0.29, 0.717) is 11.5 Å². The Morgan fingerprint density at radius 1 is 1.33 bits per heavy atom. The van der Waals surface area contributed by atoms with Gasteiger partial charge < -0.3 is 10.8 Å². The number of aliphatic hydroxyl groups excluding tert-OH is 1. The van der Waals surface area contributed by atoms with Gasteiger partial charge in [-0.25, -0.2) is 0 Å². The van der Waals surface area contributed by atoms with Crippen molar-refractivity contribution in [2.24, 2.45) is 11.1 Å². The van der Waals surface area contributed by atoms with Crippen molar-refractivity contribution >= 4 is 0 Å². The van der Waals surface area contributed by atoms with Crippen molar-refractivity contribution in [3.05, 3.63) is 0 Å². The fourth-order valence-electron chi connectivity index (χ4n) is 2.14. The predicted octanol–water partition coefficient (Wildman–Crippen LogP) is 1.91. The minimum Gasteiger partial charge on any atom is -0.400 e. The summed E-state index contributed by atoms with van der Waals surface area (Å²) in [6.07, 6.45) is 6.51. The first kappa shape index (κ1) is 11.9. The first-order chi connectivity index (χ1) is 5.72. The van der Waals surface area contributed by atoms with Crippen LogP contribution in [0, 0.1) is 5.41 Å². The SMILES string of the molecule is CCC1(CC)CCC(N)C1.CO. The van der Waals surface area contributed by atoms with E-state index in [4.69, 9.17) is 10.8 Å². The molecule has 1 rings (SSSR count). The van der Waals surface area contributed by atoms with E-state index in [-0.39, 0.29) is 0 Å². The summed E-state index contributed by atoms with van der Waals surface area (Å²) < 4.78 is 0. The molecule has 0 heterocycles. The van der Waals surface area contributed by atoms with Crippen LogP contribution in [0.3, 0.4) is 0 Å². The van der Waals surface area contributed by atoms with Gasteiger partial charge in [-0.3, -0.25) is 0 Å². The molecular formula is C10H23NO. The van der Waals surface area contributed by atoms with Crippen molar-refractivity contribution in [3.8, 4) is 0 Å². The molecule has 0 saturated heterocycles. The lowest BCUT2D eigenvalue weighted by atomic mass is 9.81. The molecule has 1 atom stereocenters. The van der Waals surface area contributed by atoms with Gasteiger partial charge in [0.1, 0.15) is 0 Å². The monoisotopic (exact) mass is 173 g/mol. The van der Waals surface area contributed by atoms with E-state index in [1.807, 2.05) is 0 Å². The molecule has 0 aromatic carbocycles. The molecular weight excluding hydrogens is 150 g/mol. The van der Waals surface area contributed by atoms with Crippen LogP contribution in [-0.2, 0) is 0 Å². The Kier molecular flexibility index (Phi) is 5.51. The molecule has 2 nitrogen and oxygen atoms in total. The molecule has 0 spiro atoms. The molecule has 12 heavy (non-hydrogen) atoms. The second-order valence-corrected chi connectivity index (χ2v) is 3.71. The largest absolute Gasteiger partial charge is 0.400 e. The van der Waals surface area contributed by atoms with Gasteiger partial charge in [-0.05, 0) is 24.7 Å². The summed E-state index contributed by atoms with van der Waals surface area (Å²) in [7, 11) is 1.00. The van der Waals surface area contributed by atoms with E-state index in [1.54, 1.807) is 0 Å². The maximum Gasteiger partial charge on any atom is 0.0319 e. The summed E-state index contributed by atoms with van der Waals surface area (Å²) in [5, 5.41) is 7.00. The topological polar surface area (TPSA) is 46.2 Å². The van der Waals surface area contributed by atoms with E-state index < -0.39 is 0 Å². The third kappa shape index (κ3) is 2.76. The Bertz CT molecular complexity index is 110. The standard InChI is InChI=1S/C9H19N.CH4O/c1-3-9(4-2)6-5-8(10)7-9;1-2/h8H,3-7,10H2,1-2H3;2H,1H3. The Morgan fingerprint density at radius 2 is 1.83 bits per heavy atom.